The quantitative estimate of drug-likeness (QED) is 0.227. The Morgan fingerprint density at radius 2 is 1.16 bits per heavy atom. The number of ether oxygens (including phenoxy) is 1. The summed E-state index contributed by atoms with van der Waals surface area (Å²) in [5.74, 6) is 6.15. The molecule has 16 atom stereocenters. The maximum Gasteiger partial charge on any atom is 0.0649 e. The molecule has 1 saturated heterocycles. The molecule has 0 aromatic heterocycles. The molecule has 6 nitrogen and oxygen atoms in total. The van der Waals surface area contributed by atoms with Crippen LogP contribution in [0.3, 0.4) is 0 Å². The molecule has 6 heteroatoms. The molecular weight excluding hydrogens is 546 g/mol. The summed E-state index contributed by atoms with van der Waals surface area (Å²) < 4.78 is 6.59. The molecule has 5 fully saturated rings. The van der Waals surface area contributed by atoms with E-state index in [0.717, 1.165) is 42.9 Å². The number of hydrogen-bond acceptors (Lipinski definition) is 6. The molecular formula is C38H71N3O3. The first-order valence-corrected chi connectivity index (χ1v) is 19.0. The summed E-state index contributed by atoms with van der Waals surface area (Å²) >= 11 is 0. The zero-order chi connectivity index (χ0) is 31.9. The molecule has 44 heavy (non-hydrogen) atoms. The zero-order valence-corrected chi connectivity index (χ0v) is 29.9. The number of aliphatic hydroxyl groups is 2. The molecule has 0 bridgehead atoms. The monoisotopic (exact) mass is 618 g/mol. The van der Waals surface area contributed by atoms with Gasteiger partial charge in [-0.25, -0.2) is 0 Å². The van der Waals surface area contributed by atoms with Crippen LogP contribution in [0.25, 0.3) is 0 Å². The predicted octanol–water partition coefficient (Wildman–Crippen LogP) is 6.75. The zero-order valence-electron chi connectivity index (χ0n) is 29.9. The molecule has 0 radical (unpaired) electrons. The van der Waals surface area contributed by atoms with Crippen LogP contribution in [0.1, 0.15) is 127 Å². The fourth-order valence-corrected chi connectivity index (χ4v) is 10.3. The van der Waals surface area contributed by atoms with Crippen molar-refractivity contribution in [2.24, 2.45) is 70.5 Å². The highest BCUT2D eigenvalue weighted by molar-refractivity contribution is 4.98. The van der Waals surface area contributed by atoms with Crippen LogP contribution in [-0.4, -0.2) is 53.6 Å². The summed E-state index contributed by atoms with van der Waals surface area (Å²) in [6.07, 6.45) is 11.8. The normalized spacial score (nSPS) is 51.2. The number of nitrogens with one attached hydrogen (secondary N) is 3. The fraction of sp³-hybridized carbons (Fsp3) is 1.00. The van der Waals surface area contributed by atoms with E-state index in [1.165, 1.54) is 38.5 Å². The van der Waals surface area contributed by atoms with Gasteiger partial charge < -0.3 is 14.9 Å². The van der Waals surface area contributed by atoms with Crippen LogP contribution >= 0.6 is 0 Å². The van der Waals surface area contributed by atoms with Gasteiger partial charge in [0.2, 0.25) is 0 Å². The first-order chi connectivity index (χ1) is 20.7. The lowest BCUT2D eigenvalue weighted by Gasteiger charge is -2.51. The average Bonchev–Trinajstić information content (AvgIpc) is 2.97. The van der Waals surface area contributed by atoms with E-state index in [2.05, 4.69) is 78.3 Å². The Bertz CT molecular complexity index is 876. The minimum Gasteiger partial charge on any atom is -0.393 e. The van der Waals surface area contributed by atoms with Crippen molar-refractivity contribution in [3.8, 4) is 0 Å². The molecule has 16 unspecified atom stereocenters. The number of aliphatic hydroxyl groups excluding tert-OH is 2. The summed E-state index contributed by atoms with van der Waals surface area (Å²) in [4.78, 5) is 0. The highest BCUT2D eigenvalue weighted by Crippen LogP contribution is 2.46. The lowest BCUT2D eigenvalue weighted by molar-refractivity contribution is -0.114. The third kappa shape index (κ3) is 7.89. The van der Waals surface area contributed by atoms with E-state index in [9.17, 15) is 10.2 Å². The molecule has 0 aromatic rings. The minimum absolute atomic E-state index is 0.104. The van der Waals surface area contributed by atoms with Crippen molar-refractivity contribution in [3.63, 3.8) is 0 Å². The number of rotatable bonds is 6. The van der Waals surface area contributed by atoms with Crippen molar-refractivity contribution in [2.45, 2.75) is 163 Å². The smallest absolute Gasteiger partial charge is 0.0649 e. The molecule has 0 spiro atoms. The molecule has 1 heterocycles. The molecule has 4 saturated carbocycles. The van der Waals surface area contributed by atoms with Gasteiger partial charge in [0.25, 0.3) is 0 Å². The Kier molecular flexibility index (Phi) is 11.5. The number of hydrogen-bond donors (Lipinski definition) is 5. The van der Waals surface area contributed by atoms with Crippen molar-refractivity contribution in [2.75, 3.05) is 6.61 Å². The van der Waals surface area contributed by atoms with Crippen LogP contribution in [0, 0.1) is 70.5 Å². The molecule has 0 aromatic carbocycles. The van der Waals surface area contributed by atoms with E-state index in [1.807, 2.05) is 0 Å². The summed E-state index contributed by atoms with van der Waals surface area (Å²) in [5.41, 5.74) is 0.117. The Morgan fingerprint density at radius 1 is 0.614 bits per heavy atom. The molecule has 1 aliphatic heterocycles. The summed E-state index contributed by atoms with van der Waals surface area (Å²) in [6, 6.07) is 0. The van der Waals surface area contributed by atoms with Gasteiger partial charge in [0, 0.05) is 5.92 Å². The lowest BCUT2D eigenvalue weighted by atomic mass is 9.61. The van der Waals surface area contributed by atoms with Gasteiger partial charge >= 0.3 is 0 Å². The van der Waals surface area contributed by atoms with Crippen molar-refractivity contribution in [1.82, 2.24) is 16.0 Å². The first kappa shape index (κ1) is 35.1. The van der Waals surface area contributed by atoms with E-state index in [-0.39, 0.29) is 41.7 Å². The summed E-state index contributed by atoms with van der Waals surface area (Å²) in [5, 5.41) is 35.0. The standard InChI is InChI=1S/C38H71N3O3/c1-21-10-12-27(16-23(21)3)35-39-36(28-13-11-22(2)24(4)17-28)41-37(40-35)30-15-14-29(19-33(30)42)44-20-31-25(5)18-32(38(7,8)9)34(43)26(31)6/h21-37,39-43H,10-20H2,1-9H3. The molecule has 4 aliphatic carbocycles. The van der Waals surface area contributed by atoms with Crippen molar-refractivity contribution in [3.05, 3.63) is 0 Å². The summed E-state index contributed by atoms with van der Waals surface area (Å²) in [6.45, 7) is 21.8. The van der Waals surface area contributed by atoms with Crippen LogP contribution < -0.4 is 16.0 Å². The molecule has 5 N–H and O–H groups in total. The largest absolute Gasteiger partial charge is 0.393 e. The van der Waals surface area contributed by atoms with E-state index in [4.69, 9.17) is 4.74 Å². The van der Waals surface area contributed by atoms with Crippen LogP contribution in [0.5, 0.6) is 0 Å². The van der Waals surface area contributed by atoms with Gasteiger partial charge in [0.1, 0.15) is 0 Å². The Morgan fingerprint density at radius 3 is 1.66 bits per heavy atom. The highest BCUT2D eigenvalue weighted by Gasteiger charge is 2.46. The Hall–Kier alpha value is -0.240. The Balaban J connectivity index is 1.20. The van der Waals surface area contributed by atoms with Gasteiger partial charge in [-0.3, -0.25) is 16.0 Å². The Labute approximate surface area is 271 Å². The van der Waals surface area contributed by atoms with Crippen LogP contribution in [0.4, 0.5) is 0 Å². The van der Waals surface area contributed by atoms with Crippen molar-refractivity contribution < 1.29 is 14.9 Å². The third-order valence-corrected chi connectivity index (χ3v) is 14.2. The van der Waals surface area contributed by atoms with Crippen LogP contribution in [0.2, 0.25) is 0 Å². The second-order valence-corrected chi connectivity index (χ2v) is 18.2. The average molecular weight is 618 g/mol. The highest BCUT2D eigenvalue weighted by atomic mass is 16.5. The maximum atomic E-state index is 11.6. The van der Waals surface area contributed by atoms with E-state index < -0.39 is 0 Å². The lowest BCUT2D eigenvalue weighted by Crippen LogP contribution is -2.73. The van der Waals surface area contributed by atoms with Crippen molar-refractivity contribution in [1.29, 1.82) is 0 Å². The first-order valence-electron chi connectivity index (χ1n) is 19.0. The van der Waals surface area contributed by atoms with E-state index in [1.54, 1.807) is 0 Å². The van der Waals surface area contributed by atoms with Gasteiger partial charge in [-0.1, -0.05) is 75.2 Å². The van der Waals surface area contributed by atoms with E-state index in [0.29, 0.717) is 54.9 Å². The fourth-order valence-electron chi connectivity index (χ4n) is 10.3. The van der Waals surface area contributed by atoms with Gasteiger partial charge in [-0.2, -0.15) is 0 Å². The molecule has 5 rings (SSSR count). The molecule has 256 valence electrons. The topological polar surface area (TPSA) is 85.8 Å². The SMILES string of the molecule is CC1CCC(C2NC(C3CCC(C)C(C)C3)NC(C3CCC(OCC4C(C)CC(C(C)(C)C)C(O)C4C)CC3O)N2)CC1C. The summed E-state index contributed by atoms with van der Waals surface area (Å²) in [7, 11) is 0. The second kappa shape index (κ2) is 14.5. The van der Waals surface area contributed by atoms with Gasteiger partial charge in [-0.05, 0) is 116 Å². The second-order valence-electron chi connectivity index (χ2n) is 18.2. The molecule has 5 aliphatic rings. The van der Waals surface area contributed by atoms with Gasteiger partial charge in [0.05, 0.1) is 43.4 Å². The maximum absolute atomic E-state index is 11.6. The van der Waals surface area contributed by atoms with Crippen molar-refractivity contribution >= 4 is 0 Å². The van der Waals surface area contributed by atoms with Crippen LogP contribution in [0.15, 0.2) is 0 Å². The third-order valence-electron chi connectivity index (χ3n) is 14.2. The van der Waals surface area contributed by atoms with E-state index >= 15 is 0 Å². The van der Waals surface area contributed by atoms with Crippen LogP contribution in [-0.2, 0) is 4.74 Å². The minimum atomic E-state index is -0.370. The molecule has 0 amide bonds. The van der Waals surface area contributed by atoms with Gasteiger partial charge in [0.15, 0.2) is 0 Å². The van der Waals surface area contributed by atoms with Gasteiger partial charge in [-0.15, -0.1) is 0 Å². The predicted molar refractivity (Wildman–Crippen MR) is 181 cm³/mol.